The minimum absolute atomic E-state index is 0.0784. The Bertz CT molecular complexity index is 1530. The Hall–Kier alpha value is -3.30. The van der Waals surface area contributed by atoms with Gasteiger partial charge in [-0.3, -0.25) is 24.6 Å². The van der Waals surface area contributed by atoms with Gasteiger partial charge in [0.25, 0.3) is 5.91 Å². The SMILES string of the molecule is [2H]C([2H])(Nc1cccc2c1C([2H])([2H])N(C1CCC(=O)NC1=O)C2=O)c1cccc(C([2H])([2H])N2CC(C)(C)OC(C)(C)C2)c1F. The van der Waals surface area contributed by atoms with Crippen molar-refractivity contribution in [2.75, 3.05) is 18.4 Å². The summed E-state index contributed by atoms with van der Waals surface area (Å²) in [6.45, 7) is -0.0507. The molecule has 3 heterocycles. The number of amides is 3. The lowest BCUT2D eigenvalue weighted by Crippen LogP contribution is -2.56. The standard InChI is InChI=1S/C29H35FN4O4/c1-28(2)16-33(17-29(3,4)38-28)14-19-8-5-7-18(25(19)30)13-31-22-10-6-9-20-21(22)15-34(27(20)37)23-11-12-24(35)32-26(23)36/h5-10,23,31H,11-17H2,1-4H3,(H,32,35,36)/i13D2,14D2,15D2. The molecule has 0 aromatic heterocycles. The number of piperidine rings is 1. The number of carbonyl (C=O) groups is 3. The summed E-state index contributed by atoms with van der Waals surface area (Å²) in [7, 11) is 0. The van der Waals surface area contributed by atoms with E-state index in [1.165, 1.54) is 41.3 Å². The van der Waals surface area contributed by atoms with E-state index in [9.17, 15) is 14.4 Å². The number of carbonyl (C=O) groups excluding carboxylic acids is 3. The van der Waals surface area contributed by atoms with Crippen molar-refractivity contribution in [1.29, 1.82) is 0 Å². The van der Waals surface area contributed by atoms with E-state index in [1.807, 2.05) is 27.7 Å². The van der Waals surface area contributed by atoms with Crippen molar-refractivity contribution < 1.29 is 31.7 Å². The second-order valence-electron chi connectivity index (χ2n) is 11.0. The number of rotatable bonds is 6. The van der Waals surface area contributed by atoms with E-state index in [4.69, 9.17) is 13.0 Å². The number of hydrogen-bond donors (Lipinski definition) is 2. The third-order valence-corrected chi connectivity index (χ3v) is 6.57. The van der Waals surface area contributed by atoms with Crippen molar-refractivity contribution in [3.05, 3.63) is 64.5 Å². The predicted octanol–water partition coefficient (Wildman–Crippen LogP) is 3.59. The molecule has 3 aliphatic heterocycles. The molecule has 2 aromatic rings. The van der Waals surface area contributed by atoms with Gasteiger partial charge in [0.15, 0.2) is 0 Å². The highest BCUT2D eigenvalue weighted by Gasteiger charge is 2.40. The Morgan fingerprint density at radius 2 is 1.79 bits per heavy atom. The van der Waals surface area contributed by atoms with Gasteiger partial charge >= 0.3 is 0 Å². The van der Waals surface area contributed by atoms with Crippen LogP contribution in [0.25, 0.3) is 0 Å². The van der Waals surface area contributed by atoms with Gasteiger partial charge in [-0.1, -0.05) is 24.3 Å². The third kappa shape index (κ3) is 5.31. The first-order chi connectivity index (χ1) is 20.2. The second kappa shape index (κ2) is 9.78. The molecule has 0 spiro atoms. The zero-order valence-electron chi connectivity index (χ0n) is 27.8. The summed E-state index contributed by atoms with van der Waals surface area (Å²) >= 11 is 0. The Labute approximate surface area is 230 Å². The van der Waals surface area contributed by atoms with Crippen LogP contribution in [0.2, 0.25) is 0 Å². The average molecular weight is 529 g/mol. The molecule has 2 N–H and O–H groups in total. The van der Waals surface area contributed by atoms with Gasteiger partial charge in [-0.05, 0) is 46.2 Å². The number of imide groups is 1. The van der Waals surface area contributed by atoms with Gasteiger partial charge in [-0.2, -0.15) is 0 Å². The number of hydrogen-bond acceptors (Lipinski definition) is 6. The number of anilines is 1. The monoisotopic (exact) mass is 528 g/mol. The van der Waals surface area contributed by atoms with Crippen LogP contribution in [0.15, 0.2) is 36.4 Å². The molecule has 0 bridgehead atoms. The summed E-state index contributed by atoms with van der Waals surface area (Å²) in [5.41, 5.74) is -2.84. The molecule has 5 rings (SSSR count). The lowest BCUT2D eigenvalue weighted by molar-refractivity contribution is -0.182. The molecule has 9 heteroatoms. The maximum Gasteiger partial charge on any atom is 0.255 e. The predicted molar refractivity (Wildman–Crippen MR) is 141 cm³/mol. The first-order valence-corrected chi connectivity index (χ1v) is 12.5. The normalized spacial score (nSPS) is 27.2. The minimum Gasteiger partial charge on any atom is -0.381 e. The number of nitrogens with zero attached hydrogens (tertiary/aromatic N) is 2. The largest absolute Gasteiger partial charge is 0.381 e. The second-order valence-corrected chi connectivity index (χ2v) is 11.0. The Morgan fingerprint density at radius 1 is 1.11 bits per heavy atom. The van der Waals surface area contributed by atoms with Crippen molar-refractivity contribution in [3.8, 4) is 0 Å². The van der Waals surface area contributed by atoms with Crippen LogP contribution in [0.5, 0.6) is 0 Å². The highest BCUT2D eigenvalue weighted by atomic mass is 19.1. The molecular formula is C29H35FN4O4. The number of halogens is 1. The lowest BCUT2D eigenvalue weighted by Gasteiger charge is -2.47. The number of benzene rings is 2. The summed E-state index contributed by atoms with van der Waals surface area (Å²) in [6.07, 6.45) is -0.159. The molecule has 1 atom stereocenters. The summed E-state index contributed by atoms with van der Waals surface area (Å²) in [6, 6.07) is 6.63. The van der Waals surface area contributed by atoms with Gasteiger partial charge in [0, 0.05) is 69.7 Å². The fourth-order valence-corrected chi connectivity index (χ4v) is 5.29. The fraction of sp³-hybridized carbons (Fsp3) is 0.483. The molecule has 2 saturated heterocycles. The lowest BCUT2D eigenvalue weighted by atomic mass is 9.98. The maximum atomic E-state index is 16.2. The molecule has 3 aliphatic rings. The van der Waals surface area contributed by atoms with Crippen LogP contribution in [0.1, 0.15) is 75.8 Å². The highest BCUT2D eigenvalue weighted by Crippen LogP contribution is 2.33. The van der Waals surface area contributed by atoms with Crippen LogP contribution in [0.4, 0.5) is 10.1 Å². The van der Waals surface area contributed by atoms with Crippen LogP contribution in [-0.2, 0) is 33.8 Å². The molecular weight excluding hydrogens is 487 g/mol. The van der Waals surface area contributed by atoms with Crippen LogP contribution in [0, 0.1) is 5.82 Å². The first kappa shape index (κ1) is 19.7. The number of ether oxygens (including phenoxy) is 1. The van der Waals surface area contributed by atoms with Gasteiger partial charge in [0.2, 0.25) is 11.8 Å². The highest BCUT2D eigenvalue weighted by molar-refractivity contribution is 6.06. The first-order valence-electron chi connectivity index (χ1n) is 15.5. The number of fused-ring (bicyclic) bond motifs is 1. The molecule has 0 saturated carbocycles. The van der Waals surface area contributed by atoms with Gasteiger partial charge in [-0.15, -0.1) is 0 Å². The van der Waals surface area contributed by atoms with Crippen LogP contribution < -0.4 is 10.6 Å². The zero-order valence-corrected chi connectivity index (χ0v) is 21.8. The van der Waals surface area contributed by atoms with Crippen molar-refractivity contribution in [1.82, 2.24) is 15.1 Å². The summed E-state index contributed by atoms with van der Waals surface area (Å²) in [5, 5.41) is 4.67. The van der Waals surface area contributed by atoms with Crippen molar-refractivity contribution >= 4 is 23.4 Å². The summed E-state index contributed by atoms with van der Waals surface area (Å²) in [5.74, 6) is -3.26. The van der Waals surface area contributed by atoms with Gasteiger partial charge in [0.05, 0.1) is 16.7 Å². The van der Waals surface area contributed by atoms with E-state index in [2.05, 4.69) is 10.6 Å². The fourth-order valence-electron chi connectivity index (χ4n) is 5.29. The third-order valence-electron chi connectivity index (χ3n) is 6.57. The van der Waals surface area contributed by atoms with E-state index in [1.54, 1.807) is 0 Å². The van der Waals surface area contributed by atoms with E-state index < -0.39 is 65.8 Å². The Morgan fingerprint density at radius 3 is 2.50 bits per heavy atom. The molecule has 2 fully saturated rings. The molecule has 0 aliphatic carbocycles. The molecule has 3 amide bonds. The Balaban J connectivity index is 1.49. The number of morpholine rings is 1. The molecule has 1 unspecified atom stereocenters. The van der Waals surface area contributed by atoms with Crippen LogP contribution in [-0.4, -0.2) is 57.9 Å². The molecule has 202 valence electrons. The molecule has 0 radical (unpaired) electrons. The zero-order chi connectivity index (χ0) is 32.6. The van der Waals surface area contributed by atoms with Crippen molar-refractivity contribution in [2.24, 2.45) is 0 Å². The van der Waals surface area contributed by atoms with Crippen LogP contribution in [0.3, 0.4) is 0 Å². The molecule has 38 heavy (non-hydrogen) atoms. The maximum absolute atomic E-state index is 16.2. The van der Waals surface area contributed by atoms with Gasteiger partial charge in [0.1, 0.15) is 11.9 Å². The van der Waals surface area contributed by atoms with Gasteiger partial charge < -0.3 is 15.0 Å². The van der Waals surface area contributed by atoms with E-state index in [-0.39, 0.29) is 48.3 Å². The van der Waals surface area contributed by atoms with E-state index in [0.717, 1.165) is 4.90 Å². The number of nitrogens with one attached hydrogen (secondary N) is 2. The average Bonchev–Trinajstić information content (AvgIpc) is 3.07. The molecule has 8 nitrogen and oxygen atoms in total. The quantitative estimate of drug-likeness (QED) is 0.557. The van der Waals surface area contributed by atoms with Gasteiger partial charge in [-0.25, -0.2) is 4.39 Å². The smallest absolute Gasteiger partial charge is 0.255 e. The van der Waals surface area contributed by atoms with E-state index >= 15 is 4.39 Å². The van der Waals surface area contributed by atoms with E-state index in [0.29, 0.717) is 0 Å². The van der Waals surface area contributed by atoms with Crippen molar-refractivity contribution in [2.45, 2.75) is 77.3 Å². The van der Waals surface area contributed by atoms with Crippen LogP contribution >= 0.6 is 0 Å². The Kier molecular flexibility index (Phi) is 5.08. The van der Waals surface area contributed by atoms with Crippen molar-refractivity contribution in [3.63, 3.8) is 0 Å². The summed E-state index contributed by atoms with van der Waals surface area (Å²) < 4.78 is 75.3. The molecule has 2 aromatic carbocycles. The summed E-state index contributed by atoms with van der Waals surface area (Å²) in [4.78, 5) is 39.8. The minimum atomic E-state index is -2.70. The topological polar surface area (TPSA) is 91.0 Å².